The predicted octanol–water partition coefficient (Wildman–Crippen LogP) is 3.94. The maximum Gasteiger partial charge on any atom is 0.338 e. The quantitative estimate of drug-likeness (QED) is 0.706. The third kappa shape index (κ3) is 5.46. The van der Waals surface area contributed by atoms with Gasteiger partial charge in [0.1, 0.15) is 6.42 Å². The standard InChI is InChI=1S/C23H24N2O3.CH4O/c1-2-28-22(27)19-7-5-17(6-8-19)18-9-11-20(12-10-18)23(14-3-4-15-23)25-21(26)13-16-24;1-2/h5-12H,2-4,13-15H2,1H3,(H,25,26);2H,1H3. The highest BCUT2D eigenvalue weighted by Crippen LogP contribution is 2.39. The van der Waals surface area contributed by atoms with Crippen LogP contribution in [0.5, 0.6) is 0 Å². The summed E-state index contributed by atoms with van der Waals surface area (Å²) >= 11 is 0. The van der Waals surface area contributed by atoms with Gasteiger partial charge < -0.3 is 15.2 Å². The fourth-order valence-electron chi connectivity index (χ4n) is 3.84. The van der Waals surface area contributed by atoms with Crippen LogP contribution in [0, 0.1) is 11.3 Å². The van der Waals surface area contributed by atoms with Crippen molar-refractivity contribution >= 4 is 11.9 Å². The van der Waals surface area contributed by atoms with E-state index < -0.39 is 0 Å². The maximum absolute atomic E-state index is 12.0. The first-order valence-corrected chi connectivity index (χ1v) is 10.1. The summed E-state index contributed by atoms with van der Waals surface area (Å²) in [6, 6.07) is 17.4. The Labute approximate surface area is 177 Å². The number of benzene rings is 2. The van der Waals surface area contributed by atoms with Crippen molar-refractivity contribution < 1.29 is 19.4 Å². The molecule has 1 aliphatic rings. The van der Waals surface area contributed by atoms with E-state index in [2.05, 4.69) is 5.32 Å². The number of rotatable bonds is 6. The van der Waals surface area contributed by atoms with Crippen molar-refractivity contribution in [1.29, 1.82) is 5.26 Å². The smallest absolute Gasteiger partial charge is 0.338 e. The lowest BCUT2D eigenvalue weighted by molar-refractivity contribution is -0.122. The van der Waals surface area contributed by atoms with E-state index in [0.29, 0.717) is 12.2 Å². The summed E-state index contributed by atoms with van der Waals surface area (Å²) in [4.78, 5) is 23.8. The van der Waals surface area contributed by atoms with Gasteiger partial charge >= 0.3 is 5.97 Å². The number of nitrogens with one attached hydrogen (secondary N) is 1. The Kier molecular flexibility index (Phi) is 8.57. The summed E-state index contributed by atoms with van der Waals surface area (Å²) < 4.78 is 5.01. The van der Waals surface area contributed by atoms with Crippen molar-refractivity contribution in [2.75, 3.05) is 13.7 Å². The highest BCUT2D eigenvalue weighted by molar-refractivity contribution is 5.90. The second-order valence-corrected chi connectivity index (χ2v) is 7.05. The second-order valence-electron chi connectivity index (χ2n) is 7.05. The summed E-state index contributed by atoms with van der Waals surface area (Å²) in [5, 5.41) is 18.9. The fraction of sp³-hybridized carbons (Fsp3) is 0.375. The van der Waals surface area contributed by atoms with Crippen LogP contribution in [0.1, 0.15) is 54.9 Å². The Morgan fingerprint density at radius 1 is 1.03 bits per heavy atom. The molecule has 30 heavy (non-hydrogen) atoms. The van der Waals surface area contributed by atoms with Crippen LogP contribution in [0.3, 0.4) is 0 Å². The van der Waals surface area contributed by atoms with Crippen LogP contribution in [0.15, 0.2) is 48.5 Å². The molecule has 0 atom stereocenters. The number of aliphatic hydroxyl groups excluding tert-OH is 1. The molecule has 0 saturated heterocycles. The van der Waals surface area contributed by atoms with Crippen LogP contribution in [-0.4, -0.2) is 30.7 Å². The van der Waals surface area contributed by atoms with Gasteiger partial charge in [-0.3, -0.25) is 4.79 Å². The van der Waals surface area contributed by atoms with Gasteiger partial charge in [-0.15, -0.1) is 0 Å². The second kappa shape index (κ2) is 11.1. The zero-order valence-corrected chi connectivity index (χ0v) is 17.5. The largest absolute Gasteiger partial charge is 0.462 e. The van der Waals surface area contributed by atoms with Crippen molar-refractivity contribution in [3.8, 4) is 17.2 Å². The van der Waals surface area contributed by atoms with E-state index in [9.17, 15) is 9.59 Å². The van der Waals surface area contributed by atoms with E-state index in [1.165, 1.54) is 0 Å². The molecule has 158 valence electrons. The number of carbonyl (C=O) groups excluding carboxylic acids is 2. The molecule has 1 aliphatic carbocycles. The minimum Gasteiger partial charge on any atom is -0.462 e. The number of ether oxygens (including phenoxy) is 1. The van der Waals surface area contributed by atoms with E-state index in [0.717, 1.165) is 49.5 Å². The number of aliphatic hydroxyl groups is 1. The van der Waals surface area contributed by atoms with Crippen molar-refractivity contribution in [2.24, 2.45) is 0 Å². The van der Waals surface area contributed by atoms with Crippen LogP contribution in [-0.2, 0) is 15.1 Å². The molecule has 1 fully saturated rings. The average molecular weight is 408 g/mol. The van der Waals surface area contributed by atoms with Crippen LogP contribution in [0.2, 0.25) is 0 Å². The SMILES string of the molecule is CCOC(=O)c1ccc(-c2ccc(C3(NC(=O)CC#N)CCCC3)cc2)cc1.CO. The van der Waals surface area contributed by atoms with E-state index in [1.54, 1.807) is 19.1 Å². The van der Waals surface area contributed by atoms with Crippen molar-refractivity contribution in [3.05, 3.63) is 59.7 Å². The lowest BCUT2D eigenvalue weighted by atomic mass is 9.87. The van der Waals surface area contributed by atoms with E-state index in [1.807, 2.05) is 42.5 Å². The molecule has 0 heterocycles. The minimum absolute atomic E-state index is 0.118. The molecule has 3 rings (SSSR count). The molecule has 0 unspecified atom stereocenters. The van der Waals surface area contributed by atoms with Gasteiger partial charge in [0.2, 0.25) is 5.91 Å². The molecule has 1 saturated carbocycles. The Balaban J connectivity index is 0.00000155. The Bertz CT molecular complexity index is 877. The van der Waals surface area contributed by atoms with Crippen molar-refractivity contribution in [3.63, 3.8) is 0 Å². The Morgan fingerprint density at radius 2 is 1.57 bits per heavy atom. The van der Waals surface area contributed by atoms with Gasteiger partial charge in [0.25, 0.3) is 0 Å². The number of amides is 1. The monoisotopic (exact) mass is 408 g/mol. The van der Waals surface area contributed by atoms with Crippen molar-refractivity contribution in [1.82, 2.24) is 5.32 Å². The zero-order chi connectivity index (χ0) is 22.0. The van der Waals surface area contributed by atoms with Gasteiger partial charge in [0.15, 0.2) is 0 Å². The van der Waals surface area contributed by atoms with E-state index in [-0.39, 0.29) is 23.8 Å². The summed E-state index contributed by atoms with van der Waals surface area (Å²) in [5.41, 5.74) is 3.28. The summed E-state index contributed by atoms with van der Waals surface area (Å²) in [6.45, 7) is 2.14. The van der Waals surface area contributed by atoms with Crippen LogP contribution in [0.25, 0.3) is 11.1 Å². The number of esters is 1. The lowest BCUT2D eigenvalue weighted by Crippen LogP contribution is -2.43. The first-order valence-electron chi connectivity index (χ1n) is 10.1. The number of nitrogens with zero attached hydrogens (tertiary/aromatic N) is 1. The first kappa shape index (κ1) is 23.1. The summed E-state index contributed by atoms with van der Waals surface area (Å²) in [5.74, 6) is -0.538. The van der Waals surface area contributed by atoms with Gasteiger partial charge in [0.05, 0.1) is 23.8 Å². The summed E-state index contributed by atoms with van der Waals surface area (Å²) in [6.07, 6.45) is 3.77. The van der Waals surface area contributed by atoms with Gasteiger partial charge in [-0.2, -0.15) is 5.26 Å². The Morgan fingerprint density at radius 3 is 2.07 bits per heavy atom. The molecular formula is C24H28N2O4. The van der Waals surface area contributed by atoms with Gasteiger partial charge in [0, 0.05) is 7.11 Å². The van der Waals surface area contributed by atoms with Crippen LogP contribution < -0.4 is 5.32 Å². The molecule has 0 aliphatic heterocycles. The minimum atomic E-state index is -0.375. The number of hydrogen-bond acceptors (Lipinski definition) is 5. The fourth-order valence-corrected chi connectivity index (χ4v) is 3.84. The third-order valence-electron chi connectivity index (χ3n) is 5.24. The lowest BCUT2D eigenvalue weighted by Gasteiger charge is -2.31. The van der Waals surface area contributed by atoms with Crippen molar-refractivity contribution in [2.45, 2.75) is 44.6 Å². The highest BCUT2D eigenvalue weighted by atomic mass is 16.5. The molecule has 2 aromatic rings. The van der Waals surface area contributed by atoms with Crippen LogP contribution >= 0.6 is 0 Å². The number of hydrogen-bond donors (Lipinski definition) is 2. The molecule has 0 radical (unpaired) electrons. The molecule has 6 nitrogen and oxygen atoms in total. The molecule has 0 aromatic heterocycles. The van der Waals surface area contributed by atoms with Crippen LogP contribution in [0.4, 0.5) is 0 Å². The van der Waals surface area contributed by atoms with Gasteiger partial charge in [-0.25, -0.2) is 4.79 Å². The average Bonchev–Trinajstić information content (AvgIpc) is 3.25. The number of carbonyl (C=O) groups is 2. The Hall–Kier alpha value is -3.17. The summed E-state index contributed by atoms with van der Waals surface area (Å²) in [7, 11) is 1.00. The molecule has 2 N–H and O–H groups in total. The normalized spacial score (nSPS) is 14.1. The molecule has 2 aromatic carbocycles. The van der Waals surface area contributed by atoms with E-state index >= 15 is 0 Å². The number of nitriles is 1. The topological polar surface area (TPSA) is 99.4 Å². The van der Waals surface area contributed by atoms with E-state index in [4.69, 9.17) is 15.1 Å². The van der Waals surface area contributed by atoms with Gasteiger partial charge in [-0.05, 0) is 48.6 Å². The zero-order valence-electron chi connectivity index (χ0n) is 17.5. The third-order valence-corrected chi connectivity index (χ3v) is 5.24. The predicted molar refractivity (Wildman–Crippen MR) is 114 cm³/mol. The van der Waals surface area contributed by atoms with Gasteiger partial charge in [-0.1, -0.05) is 49.2 Å². The maximum atomic E-state index is 12.0. The molecule has 0 bridgehead atoms. The highest BCUT2D eigenvalue weighted by Gasteiger charge is 2.36. The first-order chi connectivity index (χ1) is 14.6. The molecule has 6 heteroatoms. The molecular weight excluding hydrogens is 380 g/mol. The molecule has 1 amide bonds. The molecule has 0 spiro atoms.